The summed E-state index contributed by atoms with van der Waals surface area (Å²) in [4.78, 5) is 36.8. The molecule has 2 rings (SSSR count). The van der Waals surface area contributed by atoms with Gasteiger partial charge < -0.3 is 20.9 Å². The van der Waals surface area contributed by atoms with Gasteiger partial charge in [-0.3, -0.25) is 4.79 Å². The zero-order chi connectivity index (χ0) is 24.3. The maximum atomic E-state index is 11.7. The Morgan fingerprint density at radius 3 is 2.44 bits per heavy atom. The molecule has 0 aliphatic carbocycles. The van der Waals surface area contributed by atoms with Gasteiger partial charge in [0.1, 0.15) is 11.6 Å². The Hall–Kier alpha value is -3.45. The fourth-order valence-electron chi connectivity index (χ4n) is 3.18. The van der Waals surface area contributed by atoms with Crippen molar-refractivity contribution in [2.45, 2.75) is 58.8 Å². The molecule has 0 bridgehead atoms. The summed E-state index contributed by atoms with van der Waals surface area (Å²) in [6.45, 7) is 8.36. The molecule has 0 saturated carbocycles. The number of benzene rings is 1. The molecule has 0 unspecified atom stereocenters. The number of aromatic nitrogens is 2. The van der Waals surface area contributed by atoms with Crippen molar-refractivity contribution in [1.29, 1.82) is 0 Å². The number of carboxylic acid groups (broad SMARTS) is 1. The first-order valence-electron chi connectivity index (χ1n) is 10.4. The van der Waals surface area contributed by atoms with Crippen LogP contribution in [0.1, 0.15) is 62.9 Å². The molecule has 0 spiro atoms. The van der Waals surface area contributed by atoms with Gasteiger partial charge >= 0.3 is 12.1 Å². The Bertz CT molecular complexity index is 954. The first-order chi connectivity index (χ1) is 15.2. The summed E-state index contributed by atoms with van der Waals surface area (Å²) in [5.74, 6) is 0.805. The van der Waals surface area contributed by atoms with E-state index in [0.717, 1.165) is 47.6 Å². The lowest BCUT2D eigenvalue weighted by Crippen LogP contribution is -2.28. The lowest BCUT2D eigenvalue weighted by molar-refractivity contribution is -0.191. The van der Waals surface area contributed by atoms with Gasteiger partial charge in [0.2, 0.25) is 5.95 Å². The molecule has 1 heterocycles. The number of anilines is 2. The second kappa shape index (κ2) is 12.4. The highest BCUT2D eigenvalue weighted by molar-refractivity contribution is 5.80. The van der Waals surface area contributed by atoms with Gasteiger partial charge in [0.15, 0.2) is 0 Å². The second-order valence-corrected chi connectivity index (χ2v) is 7.71. The number of methoxy groups -OCH3 is 1. The minimum Gasteiger partial charge on any atom is -0.496 e. The molecule has 4 N–H and O–H groups in total. The zero-order valence-electron chi connectivity index (χ0n) is 19.3. The fraction of sp³-hybridized carbons (Fsp3) is 0.478. The number of rotatable bonds is 10. The van der Waals surface area contributed by atoms with E-state index in [0.29, 0.717) is 18.6 Å². The van der Waals surface area contributed by atoms with E-state index >= 15 is 0 Å². The van der Waals surface area contributed by atoms with Crippen LogP contribution in [-0.2, 0) is 32.6 Å². The Balaban J connectivity index is 0.00000161. The van der Waals surface area contributed by atoms with Crippen molar-refractivity contribution in [1.82, 2.24) is 9.97 Å². The van der Waals surface area contributed by atoms with E-state index in [2.05, 4.69) is 22.2 Å². The minimum atomic E-state index is -1.01. The zero-order valence-corrected chi connectivity index (χ0v) is 19.3. The average Bonchev–Trinajstić information content (AvgIpc) is 2.75. The Morgan fingerprint density at radius 1 is 1.25 bits per heavy atom. The van der Waals surface area contributed by atoms with Crippen LogP contribution in [0.4, 0.5) is 11.8 Å². The number of aliphatic carboxylic acids is 1. The lowest BCUT2D eigenvalue weighted by atomic mass is 9.83. The Kier molecular flexibility index (Phi) is 10.3. The molecule has 1 aromatic heterocycles. The van der Waals surface area contributed by atoms with Crippen molar-refractivity contribution >= 4 is 23.9 Å². The monoisotopic (exact) mass is 444 g/mol. The van der Waals surface area contributed by atoms with E-state index in [1.165, 1.54) is 0 Å². The quantitative estimate of drug-likeness (QED) is 0.470. The molecule has 0 saturated heterocycles. The van der Waals surface area contributed by atoms with Gasteiger partial charge in [-0.15, -0.1) is 0 Å². The number of hydrogen-bond acceptors (Lipinski definition) is 8. The van der Waals surface area contributed by atoms with Crippen LogP contribution in [0.5, 0.6) is 5.75 Å². The van der Waals surface area contributed by atoms with Gasteiger partial charge in [-0.05, 0) is 43.9 Å². The van der Waals surface area contributed by atoms with Crippen LogP contribution in [0.15, 0.2) is 18.2 Å². The van der Waals surface area contributed by atoms with Crippen LogP contribution >= 0.6 is 0 Å². The molecule has 1 aromatic carbocycles. The number of aryl methyl sites for hydroxylation is 1. The summed E-state index contributed by atoms with van der Waals surface area (Å²) in [7, 11) is 1.61. The predicted molar refractivity (Wildman–Crippen MR) is 121 cm³/mol. The fourth-order valence-corrected chi connectivity index (χ4v) is 3.18. The normalized spacial score (nSPS) is 10.5. The molecule has 9 nitrogen and oxygen atoms in total. The summed E-state index contributed by atoms with van der Waals surface area (Å²) in [5, 5.41) is 13.0. The first kappa shape index (κ1) is 26.6. The summed E-state index contributed by atoms with van der Waals surface area (Å²) >= 11 is 0. The van der Waals surface area contributed by atoms with Crippen LogP contribution in [-0.4, -0.2) is 40.8 Å². The van der Waals surface area contributed by atoms with E-state index < -0.39 is 11.4 Å². The van der Waals surface area contributed by atoms with Gasteiger partial charge in [-0.25, -0.2) is 4.98 Å². The van der Waals surface area contributed by atoms with Crippen LogP contribution in [0.3, 0.4) is 0 Å². The number of carbonyl (C=O) groups excluding carboxylic acids is 2. The van der Waals surface area contributed by atoms with Crippen LogP contribution < -0.4 is 15.8 Å². The van der Waals surface area contributed by atoms with Crippen molar-refractivity contribution in [2.24, 2.45) is 0 Å². The number of nitrogen functional groups attached to an aromatic ring is 1. The first-order valence-corrected chi connectivity index (χ1v) is 10.4. The van der Waals surface area contributed by atoms with E-state index in [-0.39, 0.29) is 12.1 Å². The largest absolute Gasteiger partial charge is 0.496 e. The molecular formula is C23H32N4O5. The van der Waals surface area contributed by atoms with Gasteiger partial charge in [-0.2, -0.15) is 14.6 Å². The molecule has 0 aliphatic heterocycles. The highest BCUT2D eigenvalue weighted by Crippen LogP contribution is 2.32. The van der Waals surface area contributed by atoms with Crippen molar-refractivity contribution in [3.05, 3.63) is 40.6 Å². The van der Waals surface area contributed by atoms with Crippen molar-refractivity contribution in [3.8, 4) is 5.75 Å². The molecule has 174 valence electrons. The third kappa shape index (κ3) is 6.78. The number of carbonyl (C=O) groups is 1. The third-order valence-corrected chi connectivity index (χ3v) is 5.17. The summed E-state index contributed by atoms with van der Waals surface area (Å²) in [5.41, 5.74) is 8.36. The van der Waals surface area contributed by atoms with Crippen LogP contribution in [0.25, 0.3) is 0 Å². The molecule has 0 amide bonds. The van der Waals surface area contributed by atoms with Gasteiger partial charge in [0.05, 0.1) is 18.2 Å². The number of unbranched alkanes of at least 4 members (excludes halogenated alkanes) is 1. The molecule has 0 radical (unpaired) electrons. The maximum absolute atomic E-state index is 11.7. The molecule has 9 heteroatoms. The van der Waals surface area contributed by atoms with E-state index in [9.17, 15) is 9.90 Å². The molecule has 0 aliphatic rings. The number of carboxylic acids is 1. The van der Waals surface area contributed by atoms with Gasteiger partial charge in [0.25, 0.3) is 0 Å². The summed E-state index contributed by atoms with van der Waals surface area (Å²) in [6, 6.07) is 5.53. The number of ether oxygens (including phenoxy) is 1. The van der Waals surface area contributed by atoms with Crippen LogP contribution in [0, 0.1) is 0 Å². The number of nitrogens with one attached hydrogen (secondary N) is 1. The lowest BCUT2D eigenvalue weighted by Gasteiger charge is -2.22. The summed E-state index contributed by atoms with van der Waals surface area (Å²) < 4.78 is 5.55. The van der Waals surface area contributed by atoms with Crippen molar-refractivity contribution in [3.63, 3.8) is 0 Å². The smallest absolute Gasteiger partial charge is 0.373 e. The van der Waals surface area contributed by atoms with Crippen LogP contribution in [0.2, 0.25) is 0 Å². The standard InChI is InChI=1S/C22H32N4O3.CO2/c1-6-8-11-24-19-16(17(7-2)25-21(23)26-19)13-14-12-15(9-10-18(14)29-5)22(3,4)20(27)28;2-1-3/h9-10,12H,6-8,11,13H2,1-5H3,(H,27,28)(H3,23,24,25,26);. The Morgan fingerprint density at radius 2 is 1.91 bits per heavy atom. The predicted octanol–water partition coefficient (Wildman–Crippen LogP) is 3.21. The van der Waals surface area contributed by atoms with Crippen molar-refractivity contribution < 1.29 is 24.2 Å². The topological polar surface area (TPSA) is 144 Å². The number of hydrogen-bond donors (Lipinski definition) is 3. The SMILES string of the molecule is CCCCNc1nc(N)nc(CC)c1Cc1cc(C(C)(C)C(=O)O)ccc1OC.O=C=O. The highest BCUT2D eigenvalue weighted by atomic mass is 16.5. The molecule has 0 atom stereocenters. The molecule has 0 fully saturated rings. The molecule has 2 aromatic rings. The second-order valence-electron chi connectivity index (χ2n) is 7.71. The summed E-state index contributed by atoms with van der Waals surface area (Å²) in [6.07, 6.45) is 3.58. The minimum absolute atomic E-state index is 0.248. The third-order valence-electron chi connectivity index (χ3n) is 5.17. The number of nitrogens with zero attached hydrogens (tertiary/aromatic N) is 2. The van der Waals surface area contributed by atoms with Gasteiger partial charge in [0, 0.05) is 18.5 Å². The van der Waals surface area contributed by atoms with E-state index in [4.69, 9.17) is 20.1 Å². The van der Waals surface area contributed by atoms with Crippen molar-refractivity contribution in [2.75, 3.05) is 24.7 Å². The number of nitrogens with two attached hydrogens (primary N) is 1. The van der Waals surface area contributed by atoms with Gasteiger partial charge in [-0.1, -0.05) is 32.4 Å². The molecular weight excluding hydrogens is 412 g/mol. The Labute approximate surface area is 188 Å². The molecule has 32 heavy (non-hydrogen) atoms. The average molecular weight is 445 g/mol. The highest BCUT2D eigenvalue weighted by Gasteiger charge is 2.30. The van der Waals surface area contributed by atoms with E-state index in [1.54, 1.807) is 27.0 Å². The maximum Gasteiger partial charge on any atom is 0.373 e. The van der Waals surface area contributed by atoms with E-state index in [1.807, 2.05) is 19.1 Å².